The molecule has 0 bridgehead atoms. The molecule has 0 unspecified atom stereocenters. The van der Waals surface area contributed by atoms with E-state index in [9.17, 15) is 9.59 Å². The molecule has 1 fully saturated rings. The van der Waals surface area contributed by atoms with Crippen LogP contribution in [0.15, 0.2) is 68.6 Å². The number of aromatic nitrogens is 3. The van der Waals surface area contributed by atoms with Crippen LogP contribution in [-0.2, 0) is 0 Å². The van der Waals surface area contributed by atoms with Crippen LogP contribution in [0.5, 0.6) is 0 Å². The summed E-state index contributed by atoms with van der Waals surface area (Å²) < 4.78 is 11.0. The predicted molar refractivity (Wildman–Crippen MR) is 98.7 cm³/mol. The molecule has 8 nitrogen and oxygen atoms in total. The molecule has 0 aliphatic carbocycles. The first kappa shape index (κ1) is 16.4. The molecule has 1 amide bonds. The lowest BCUT2D eigenvalue weighted by Gasteiger charge is -2.36. The average molecular weight is 374 g/mol. The molecular weight excluding hydrogens is 360 g/mol. The van der Waals surface area contributed by atoms with Crippen LogP contribution in [0, 0.1) is 0 Å². The highest BCUT2D eigenvalue weighted by molar-refractivity contribution is 5.93. The van der Waals surface area contributed by atoms with E-state index in [2.05, 4.69) is 15.1 Å². The number of likely N-dealkylation sites (tertiary alicyclic amines) is 1. The molecule has 0 spiro atoms. The summed E-state index contributed by atoms with van der Waals surface area (Å²) in [6, 6.07) is 11.7. The van der Waals surface area contributed by atoms with Gasteiger partial charge in [0.1, 0.15) is 5.58 Å². The Hall–Kier alpha value is -3.81. The molecule has 0 N–H and O–H groups in total. The quantitative estimate of drug-likeness (QED) is 0.543. The van der Waals surface area contributed by atoms with E-state index in [-0.39, 0.29) is 23.0 Å². The van der Waals surface area contributed by atoms with Crippen molar-refractivity contribution >= 4 is 16.9 Å². The van der Waals surface area contributed by atoms with Gasteiger partial charge in [0.25, 0.3) is 5.91 Å². The summed E-state index contributed by atoms with van der Waals surface area (Å²) in [5, 5.41) is 4.44. The van der Waals surface area contributed by atoms with Gasteiger partial charge in [-0.3, -0.25) is 14.6 Å². The number of hydrogen-bond donors (Lipinski definition) is 0. The summed E-state index contributed by atoms with van der Waals surface area (Å²) in [6.45, 7) is 0.848. The zero-order valence-corrected chi connectivity index (χ0v) is 14.6. The van der Waals surface area contributed by atoms with Gasteiger partial charge < -0.3 is 13.8 Å². The maximum absolute atomic E-state index is 12.6. The van der Waals surface area contributed by atoms with Crippen LogP contribution in [0.4, 0.5) is 0 Å². The van der Waals surface area contributed by atoms with Gasteiger partial charge in [0.2, 0.25) is 11.7 Å². The minimum absolute atomic E-state index is 0.0325. The molecule has 138 valence electrons. The fourth-order valence-electron chi connectivity index (χ4n) is 3.19. The molecule has 8 heteroatoms. The Kier molecular flexibility index (Phi) is 3.75. The van der Waals surface area contributed by atoms with Gasteiger partial charge in [-0.25, -0.2) is 0 Å². The molecule has 4 aromatic rings. The van der Waals surface area contributed by atoms with E-state index in [0.717, 1.165) is 5.56 Å². The molecule has 0 saturated carbocycles. The van der Waals surface area contributed by atoms with E-state index in [0.29, 0.717) is 35.8 Å². The third-order valence-electron chi connectivity index (χ3n) is 4.74. The monoisotopic (exact) mass is 374 g/mol. The van der Waals surface area contributed by atoms with Crippen molar-refractivity contribution in [2.45, 2.75) is 5.92 Å². The number of carbonyl (C=O) groups is 1. The maximum Gasteiger partial charge on any atom is 0.289 e. The molecule has 0 atom stereocenters. The number of nitrogens with zero attached hydrogens (tertiary/aromatic N) is 4. The largest absolute Gasteiger partial charge is 0.451 e. The van der Waals surface area contributed by atoms with Crippen molar-refractivity contribution in [2.24, 2.45) is 0 Å². The third-order valence-corrected chi connectivity index (χ3v) is 4.74. The van der Waals surface area contributed by atoms with Gasteiger partial charge in [-0.1, -0.05) is 17.3 Å². The Bertz CT molecular complexity index is 1230. The summed E-state index contributed by atoms with van der Waals surface area (Å²) in [7, 11) is 0. The number of carbonyl (C=O) groups excluding carboxylic acids is 1. The molecule has 1 aromatic carbocycles. The number of hydrogen-bond acceptors (Lipinski definition) is 7. The number of para-hydroxylation sites is 1. The van der Waals surface area contributed by atoms with E-state index in [1.165, 1.54) is 6.07 Å². The SMILES string of the molecule is O=C(c1cc(=O)c2ccccc2o1)N1CC(c2nc(-c3ccncc3)no2)C1. The van der Waals surface area contributed by atoms with Gasteiger partial charge in [-0.05, 0) is 24.3 Å². The lowest BCUT2D eigenvalue weighted by molar-refractivity contribution is 0.0537. The van der Waals surface area contributed by atoms with Gasteiger partial charge in [-0.2, -0.15) is 4.98 Å². The van der Waals surface area contributed by atoms with E-state index in [1.807, 2.05) is 0 Å². The summed E-state index contributed by atoms with van der Waals surface area (Å²) in [6.07, 6.45) is 3.32. The zero-order chi connectivity index (χ0) is 19.1. The van der Waals surface area contributed by atoms with Gasteiger partial charge >= 0.3 is 0 Å². The van der Waals surface area contributed by atoms with Crippen molar-refractivity contribution in [3.63, 3.8) is 0 Å². The fourth-order valence-corrected chi connectivity index (χ4v) is 3.19. The second-order valence-electron chi connectivity index (χ2n) is 6.57. The average Bonchev–Trinajstić information content (AvgIpc) is 3.17. The maximum atomic E-state index is 12.6. The first-order chi connectivity index (χ1) is 13.7. The van der Waals surface area contributed by atoms with Gasteiger partial charge in [0.05, 0.1) is 11.3 Å². The fraction of sp³-hybridized carbons (Fsp3) is 0.150. The van der Waals surface area contributed by atoms with Crippen LogP contribution in [0.1, 0.15) is 22.4 Å². The minimum atomic E-state index is -0.326. The Morgan fingerprint density at radius 3 is 2.71 bits per heavy atom. The second-order valence-corrected chi connectivity index (χ2v) is 6.57. The van der Waals surface area contributed by atoms with Crippen molar-refractivity contribution in [1.29, 1.82) is 0 Å². The molecule has 1 aliphatic rings. The van der Waals surface area contributed by atoms with Crippen molar-refractivity contribution < 1.29 is 13.7 Å². The summed E-state index contributed by atoms with van der Waals surface area (Å²) in [5.74, 6) is 0.635. The molecule has 4 heterocycles. The predicted octanol–water partition coefficient (Wildman–Crippen LogP) is 2.48. The highest BCUT2D eigenvalue weighted by Crippen LogP contribution is 2.29. The Labute approximate surface area is 158 Å². The number of pyridine rings is 1. The van der Waals surface area contributed by atoms with Crippen LogP contribution < -0.4 is 5.43 Å². The minimum Gasteiger partial charge on any atom is -0.451 e. The van der Waals surface area contributed by atoms with Crippen LogP contribution >= 0.6 is 0 Å². The zero-order valence-electron chi connectivity index (χ0n) is 14.6. The lowest BCUT2D eigenvalue weighted by atomic mass is 9.99. The number of benzene rings is 1. The van der Waals surface area contributed by atoms with E-state index in [4.69, 9.17) is 8.94 Å². The third kappa shape index (κ3) is 2.75. The van der Waals surface area contributed by atoms with Crippen molar-refractivity contribution in [3.05, 3.63) is 76.7 Å². The molecule has 3 aromatic heterocycles. The molecular formula is C20H14N4O4. The van der Waals surface area contributed by atoms with Gasteiger partial charge in [0.15, 0.2) is 11.2 Å². The lowest BCUT2D eigenvalue weighted by Crippen LogP contribution is -2.48. The number of fused-ring (bicyclic) bond motifs is 1. The van der Waals surface area contributed by atoms with Gasteiger partial charge in [0, 0.05) is 37.1 Å². The number of rotatable bonds is 3. The standard InChI is InChI=1S/C20H14N4O4/c25-15-9-17(27-16-4-2-1-3-14(15)16)20(26)24-10-13(11-24)19-22-18(23-28-19)12-5-7-21-8-6-12/h1-9,13H,10-11H2. The second kappa shape index (κ2) is 6.41. The Morgan fingerprint density at radius 2 is 1.89 bits per heavy atom. The normalized spacial score (nSPS) is 14.2. The van der Waals surface area contributed by atoms with Crippen LogP contribution in [0.3, 0.4) is 0 Å². The Morgan fingerprint density at radius 1 is 1.11 bits per heavy atom. The first-order valence-electron chi connectivity index (χ1n) is 8.75. The van der Waals surface area contributed by atoms with E-state index < -0.39 is 0 Å². The van der Waals surface area contributed by atoms with Crippen LogP contribution in [0.25, 0.3) is 22.4 Å². The van der Waals surface area contributed by atoms with Crippen molar-refractivity contribution in [2.75, 3.05) is 13.1 Å². The molecule has 0 radical (unpaired) electrons. The molecule has 5 rings (SSSR count). The topological polar surface area (TPSA) is 102 Å². The van der Waals surface area contributed by atoms with Crippen LogP contribution in [-0.4, -0.2) is 39.0 Å². The molecule has 28 heavy (non-hydrogen) atoms. The van der Waals surface area contributed by atoms with Crippen LogP contribution in [0.2, 0.25) is 0 Å². The Balaban J connectivity index is 1.31. The van der Waals surface area contributed by atoms with Gasteiger partial charge in [-0.15, -0.1) is 0 Å². The van der Waals surface area contributed by atoms with E-state index in [1.54, 1.807) is 53.7 Å². The summed E-state index contributed by atoms with van der Waals surface area (Å²) in [4.78, 5) is 34.8. The highest BCUT2D eigenvalue weighted by Gasteiger charge is 2.37. The highest BCUT2D eigenvalue weighted by atomic mass is 16.5. The summed E-state index contributed by atoms with van der Waals surface area (Å²) in [5.41, 5.74) is 0.977. The van der Waals surface area contributed by atoms with E-state index >= 15 is 0 Å². The van der Waals surface area contributed by atoms with Crippen molar-refractivity contribution in [1.82, 2.24) is 20.0 Å². The molecule has 1 saturated heterocycles. The van der Waals surface area contributed by atoms with Crippen molar-refractivity contribution in [3.8, 4) is 11.4 Å². The molecule has 1 aliphatic heterocycles. The number of amides is 1. The summed E-state index contributed by atoms with van der Waals surface area (Å²) >= 11 is 0. The first-order valence-corrected chi connectivity index (χ1v) is 8.75. The smallest absolute Gasteiger partial charge is 0.289 e.